The van der Waals surface area contributed by atoms with E-state index >= 15 is 0 Å². The molecule has 0 aliphatic carbocycles. The lowest BCUT2D eigenvalue weighted by atomic mass is 10.2. The maximum Gasteiger partial charge on any atom is 0.289 e. The fourth-order valence-corrected chi connectivity index (χ4v) is 3.56. The highest BCUT2D eigenvalue weighted by molar-refractivity contribution is 9.10. The molecule has 1 fully saturated rings. The highest BCUT2D eigenvalue weighted by atomic mass is 79.9. The molecule has 2 heterocycles. The van der Waals surface area contributed by atoms with Crippen LogP contribution in [0.25, 0.3) is 6.08 Å². The number of hydrogen-bond donors (Lipinski definition) is 1. The van der Waals surface area contributed by atoms with E-state index in [9.17, 15) is 9.90 Å². The number of morpholine rings is 1. The number of rotatable bonds is 1. The molecule has 2 aliphatic rings. The first-order chi connectivity index (χ1) is 10.1. The average Bonchev–Trinajstić information content (AvgIpc) is 2.85. The van der Waals surface area contributed by atoms with Gasteiger partial charge < -0.3 is 9.84 Å². The van der Waals surface area contributed by atoms with Gasteiger partial charge in [0.15, 0.2) is 0 Å². The van der Waals surface area contributed by atoms with Crippen LogP contribution in [0.3, 0.4) is 0 Å². The first-order valence-electron chi connectivity index (χ1n) is 6.55. The third-order valence-electron chi connectivity index (χ3n) is 3.27. The number of nitrogens with zero attached hydrogens (tertiary/aromatic N) is 1. The van der Waals surface area contributed by atoms with E-state index in [1.165, 1.54) is 22.7 Å². The van der Waals surface area contributed by atoms with Gasteiger partial charge in [0.2, 0.25) is 0 Å². The van der Waals surface area contributed by atoms with Gasteiger partial charge in [0.1, 0.15) is 13.1 Å². The van der Waals surface area contributed by atoms with Crippen LogP contribution in [-0.2, 0) is 9.53 Å². The molecule has 0 atom stereocenters. The van der Waals surface area contributed by atoms with Crippen LogP contribution in [0.1, 0.15) is 5.56 Å². The molecular weight excluding hydrogens is 356 g/mol. The number of amides is 1. The molecule has 0 aromatic heterocycles. The fraction of sp³-hybridized carbons (Fsp3) is 0.286. The molecule has 1 saturated heterocycles. The van der Waals surface area contributed by atoms with Gasteiger partial charge in [-0.1, -0.05) is 33.8 Å². The Kier molecular flexibility index (Phi) is 4.44. The topological polar surface area (TPSA) is 66.2 Å². The monoisotopic (exact) mass is 368 g/mol. The van der Waals surface area contributed by atoms with Crippen molar-refractivity contribution in [3.8, 4) is 5.75 Å². The first kappa shape index (κ1) is 14.8. The molecule has 0 bridgehead atoms. The molecule has 110 valence electrons. The maximum atomic E-state index is 12.0. The van der Waals surface area contributed by atoms with Crippen molar-refractivity contribution in [3.05, 3.63) is 33.1 Å². The molecule has 0 unspecified atom stereocenters. The van der Waals surface area contributed by atoms with Crippen molar-refractivity contribution in [2.45, 2.75) is 0 Å². The Morgan fingerprint density at radius 1 is 1.38 bits per heavy atom. The summed E-state index contributed by atoms with van der Waals surface area (Å²) in [5, 5.41) is 12.2. The van der Waals surface area contributed by atoms with Crippen molar-refractivity contribution in [2.75, 3.05) is 26.3 Å². The molecular formula is C14H13BrN2O3S. The van der Waals surface area contributed by atoms with Gasteiger partial charge in [0.25, 0.3) is 11.1 Å². The highest BCUT2D eigenvalue weighted by Crippen LogP contribution is 2.28. The van der Waals surface area contributed by atoms with Crippen LogP contribution in [0, 0.1) is 0 Å². The number of carbonyl (C=O) groups excluding carboxylic acids is 1. The van der Waals surface area contributed by atoms with Gasteiger partial charge in [0, 0.05) is 4.47 Å². The van der Waals surface area contributed by atoms with Gasteiger partial charge in [-0.2, -0.15) is 0 Å². The molecule has 21 heavy (non-hydrogen) atoms. The van der Waals surface area contributed by atoms with E-state index < -0.39 is 0 Å². The number of ether oxygens (including phenoxy) is 1. The standard InChI is InChI=1S/C14H13BrN2O3S/c15-10-7-9(1-2-11(10)18)8-12-13(19)16-14(21-12)17-3-5-20-6-4-17/h1-2,7-8,18H,3-6H2/b12-8+. The number of nitrogens with one attached hydrogen (secondary N) is 1. The predicted molar refractivity (Wildman–Crippen MR) is 83.1 cm³/mol. The van der Waals surface area contributed by atoms with E-state index in [1.807, 2.05) is 0 Å². The highest BCUT2D eigenvalue weighted by Gasteiger charge is 2.31. The summed E-state index contributed by atoms with van der Waals surface area (Å²) in [6, 6.07) is 4.89. The molecule has 1 aromatic rings. The van der Waals surface area contributed by atoms with E-state index in [-0.39, 0.29) is 11.7 Å². The van der Waals surface area contributed by atoms with Crippen molar-refractivity contribution in [3.63, 3.8) is 0 Å². The smallest absolute Gasteiger partial charge is 0.289 e. The van der Waals surface area contributed by atoms with Crippen LogP contribution in [0.2, 0.25) is 0 Å². The van der Waals surface area contributed by atoms with Gasteiger partial charge in [-0.15, -0.1) is 4.99 Å². The second-order valence-electron chi connectivity index (χ2n) is 4.74. The summed E-state index contributed by atoms with van der Waals surface area (Å²) in [5.41, 5.74) is 0.811. The fourth-order valence-electron chi connectivity index (χ4n) is 2.15. The van der Waals surface area contributed by atoms with Crippen LogP contribution in [0.4, 0.5) is 0 Å². The number of quaternary nitrogens is 1. The van der Waals surface area contributed by atoms with Crippen molar-refractivity contribution in [1.82, 2.24) is 0 Å². The van der Waals surface area contributed by atoms with E-state index in [0.29, 0.717) is 22.6 Å². The summed E-state index contributed by atoms with van der Waals surface area (Å²) in [5.74, 6) is -0.284. The Labute approximate surface area is 134 Å². The zero-order valence-electron chi connectivity index (χ0n) is 11.1. The van der Waals surface area contributed by atoms with Gasteiger partial charge in [-0.05, 0) is 29.5 Å². The van der Waals surface area contributed by atoms with Gasteiger partial charge >= 0.3 is 0 Å². The van der Waals surface area contributed by atoms with Crippen LogP contribution in [0.15, 0.2) is 32.6 Å². The minimum Gasteiger partial charge on any atom is -0.872 e. The van der Waals surface area contributed by atoms with E-state index in [1.54, 1.807) is 18.2 Å². The average molecular weight is 369 g/mol. The quantitative estimate of drug-likeness (QED) is 0.729. The maximum absolute atomic E-state index is 12.0. The van der Waals surface area contributed by atoms with Crippen LogP contribution in [-0.4, -0.2) is 37.4 Å². The largest absolute Gasteiger partial charge is 0.872 e. The lowest BCUT2D eigenvalue weighted by Gasteiger charge is -2.21. The van der Waals surface area contributed by atoms with Gasteiger partial charge in [0.05, 0.1) is 18.1 Å². The second-order valence-corrected chi connectivity index (χ2v) is 6.62. The number of hydrogen-bond acceptors (Lipinski definition) is 4. The summed E-state index contributed by atoms with van der Waals surface area (Å²) in [6.45, 7) is 3.06. The molecule has 0 radical (unpaired) electrons. The van der Waals surface area contributed by atoms with Crippen molar-refractivity contribution >= 4 is 44.8 Å². The summed E-state index contributed by atoms with van der Waals surface area (Å²) >= 11 is 4.61. The van der Waals surface area contributed by atoms with Crippen LogP contribution in [0.5, 0.6) is 5.75 Å². The van der Waals surface area contributed by atoms with Gasteiger partial charge in [-0.3, -0.25) is 9.69 Å². The Bertz CT molecular complexity index is 639. The Hall–Kier alpha value is -1.15. The normalized spacial score (nSPS) is 21.9. The Morgan fingerprint density at radius 2 is 2.14 bits per heavy atom. The minimum absolute atomic E-state index is 0.0720. The molecule has 3 rings (SSSR count). The molecule has 1 N–H and O–H groups in total. The number of aliphatic imine (C=N–C) groups is 1. The van der Waals surface area contributed by atoms with E-state index in [2.05, 4.69) is 20.9 Å². The lowest BCUT2D eigenvalue weighted by molar-refractivity contribution is -0.812. The number of thioether (sulfide) groups is 1. The van der Waals surface area contributed by atoms with E-state index in [4.69, 9.17) is 4.74 Å². The zero-order valence-corrected chi connectivity index (χ0v) is 13.5. The van der Waals surface area contributed by atoms with Gasteiger partial charge in [-0.25, -0.2) is 0 Å². The molecule has 7 heteroatoms. The predicted octanol–water partition coefficient (Wildman–Crippen LogP) is 0.408. The van der Waals surface area contributed by atoms with Crippen molar-refractivity contribution in [2.24, 2.45) is 4.99 Å². The number of benzene rings is 1. The number of halogens is 1. The number of amidine groups is 1. The second kappa shape index (κ2) is 6.31. The minimum atomic E-state index is -0.212. The number of carbonyl (C=O) groups is 1. The van der Waals surface area contributed by atoms with Crippen molar-refractivity contribution in [1.29, 1.82) is 0 Å². The molecule has 0 spiro atoms. The third kappa shape index (κ3) is 3.37. The molecule has 1 amide bonds. The summed E-state index contributed by atoms with van der Waals surface area (Å²) < 4.78 is 5.81. The lowest BCUT2D eigenvalue weighted by Crippen LogP contribution is -3.15. The third-order valence-corrected chi connectivity index (χ3v) is 4.98. The van der Waals surface area contributed by atoms with E-state index in [0.717, 1.165) is 23.8 Å². The Morgan fingerprint density at radius 3 is 2.86 bits per heavy atom. The molecule has 1 aromatic carbocycles. The SMILES string of the molecule is O=C1N=C([NH+]2CCOCC2)S/C1=C/c1ccc([O-])c(Br)c1. The summed E-state index contributed by atoms with van der Waals surface area (Å²) in [7, 11) is 0. The molecule has 2 aliphatic heterocycles. The Balaban J connectivity index is 1.77. The molecule has 0 saturated carbocycles. The van der Waals surface area contributed by atoms with Crippen LogP contribution >= 0.6 is 27.7 Å². The summed E-state index contributed by atoms with van der Waals surface area (Å²) in [4.78, 5) is 17.9. The molecule has 5 nitrogen and oxygen atoms in total. The van der Waals surface area contributed by atoms with Crippen LogP contribution < -0.4 is 10.0 Å². The zero-order chi connectivity index (χ0) is 14.8. The first-order valence-corrected chi connectivity index (χ1v) is 8.16. The summed E-state index contributed by atoms with van der Waals surface area (Å²) in [6.07, 6.45) is 1.77. The van der Waals surface area contributed by atoms with Crippen molar-refractivity contribution < 1.29 is 19.5 Å².